The molecule has 1 atom stereocenters. The Morgan fingerprint density at radius 3 is 2.73 bits per heavy atom. The number of nitrogens with zero attached hydrogens (tertiary/aromatic N) is 3. The number of benzene rings is 1. The van der Waals surface area contributed by atoms with Crippen LogP contribution in [0.3, 0.4) is 0 Å². The van der Waals surface area contributed by atoms with E-state index < -0.39 is 15.9 Å². The van der Waals surface area contributed by atoms with Crippen molar-refractivity contribution < 1.29 is 17.9 Å². The molecule has 1 aromatic heterocycles. The summed E-state index contributed by atoms with van der Waals surface area (Å²) in [6.45, 7) is 4.27. The van der Waals surface area contributed by atoms with Crippen molar-refractivity contribution in [2.24, 2.45) is 5.92 Å². The number of aromatic nitrogens is 2. The average Bonchev–Trinajstić information content (AvgIpc) is 3.05. The highest BCUT2D eigenvalue weighted by Crippen LogP contribution is 2.26. The van der Waals surface area contributed by atoms with Gasteiger partial charge in [-0.3, -0.25) is 4.79 Å². The molecule has 1 unspecified atom stereocenters. The van der Waals surface area contributed by atoms with Gasteiger partial charge in [0.1, 0.15) is 4.90 Å². The maximum Gasteiger partial charge on any atom is 0.310 e. The molecule has 1 aromatic carbocycles. The molecular weight excluding hydrogens is 354 g/mol. The molecule has 0 amide bonds. The van der Waals surface area contributed by atoms with Crippen molar-refractivity contribution in [1.82, 2.24) is 14.1 Å². The number of hydrogen-bond acceptors (Lipinski definition) is 5. The number of hydrogen-bond donors (Lipinski definition) is 0. The molecule has 8 heteroatoms. The van der Waals surface area contributed by atoms with E-state index in [1.807, 2.05) is 30.3 Å². The summed E-state index contributed by atoms with van der Waals surface area (Å²) in [5.74, 6) is -0.743. The van der Waals surface area contributed by atoms with E-state index in [1.165, 1.54) is 10.5 Å². The van der Waals surface area contributed by atoms with E-state index in [0.717, 1.165) is 5.69 Å². The van der Waals surface area contributed by atoms with Gasteiger partial charge in [0.15, 0.2) is 0 Å². The standard InChI is InChI=1S/C18H23N3O4S/c1-3-25-18(22)15-8-7-11-20(12-15)26(23,24)17-13-21(19-14(17)2)16-9-5-4-6-10-16/h4-6,9-10,13,15H,3,7-8,11-12H2,1-2H3. The van der Waals surface area contributed by atoms with Crippen LogP contribution in [0.5, 0.6) is 0 Å². The first-order chi connectivity index (χ1) is 12.4. The number of aryl methyl sites for hydroxylation is 1. The largest absolute Gasteiger partial charge is 0.466 e. The molecule has 0 radical (unpaired) electrons. The Kier molecular flexibility index (Phi) is 5.43. The number of rotatable bonds is 5. The maximum absolute atomic E-state index is 13.1. The molecule has 0 aliphatic carbocycles. The number of sulfonamides is 1. The van der Waals surface area contributed by atoms with Crippen molar-refractivity contribution in [3.63, 3.8) is 0 Å². The van der Waals surface area contributed by atoms with Crippen molar-refractivity contribution in [1.29, 1.82) is 0 Å². The third kappa shape index (κ3) is 3.66. The van der Waals surface area contributed by atoms with Crippen molar-refractivity contribution >= 4 is 16.0 Å². The molecular formula is C18H23N3O4S. The van der Waals surface area contributed by atoms with Gasteiger partial charge in [-0.2, -0.15) is 9.40 Å². The topological polar surface area (TPSA) is 81.5 Å². The number of esters is 1. The van der Waals surface area contributed by atoms with Crippen LogP contribution in [-0.2, 0) is 19.6 Å². The number of carbonyl (C=O) groups is 1. The summed E-state index contributed by atoms with van der Waals surface area (Å²) in [4.78, 5) is 12.2. The van der Waals surface area contributed by atoms with Crippen molar-refractivity contribution in [2.45, 2.75) is 31.6 Å². The highest BCUT2D eigenvalue weighted by atomic mass is 32.2. The minimum atomic E-state index is -3.72. The average molecular weight is 377 g/mol. The molecule has 1 saturated heterocycles. The van der Waals surface area contributed by atoms with Gasteiger partial charge in [0.05, 0.1) is 30.1 Å². The summed E-state index contributed by atoms with van der Waals surface area (Å²) < 4.78 is 34.2. The van der Waals surface area contributed by atoms with Gasteiger partial charge in [0.25, 0.3) is 0 Å². The molecule has 0 saturated carbocycles. The lowest BCUT2D eigenvalue weighted by Gasteiger charge is -2.30. The van der Waals surface area contributed by atoms with Gasteiger partial charge in [0, 0.05) is 13.1 Å². The third-order valence-electron chi connectivity index (χ3n) is 4.50. The molecule has 140 valence electrons. The van der Waals surface area contributed by atoms with Gasteiger partial charge in [-0.1, -0.05) is 18.2 Å². The van der Waals surface area contributed by atoms with Crippen LogP contribution in [0, 0.1) is 12.8 Å². The highest BCUT2D eigenvalue weighted by Gasteiger charge is 2.35. The van der Waals surface area contributed by atoms with Crippen LogP contribution in [0.1, 0.15) is 25.5 Å². The van der Waals surface area contributed by atoms with Gasteiger partial charge in [-0.25, -0.2) is 13.1 Å². The Labute approximate surface area is 153 Å². The number of ether oxygens (including phenoxy) is 1. The molecule has 26 heavy (non-hydrogen) atoms. The van der Waals surface area contributed by atoms with Crippen LogP contribution in [0.25, 0.3) is 5.69 Å². The molecule has 7 nitrogen and oxygen atoms in total. The first-order valence-corrected chi connectivity index (χ1v) is 10.2. The molecule has 2 aromatic rings. The molecule has 1 aliphatic heterocycles. The molecule has 0 bridgehead atoms. The summed E-state index contributed by atoms with van der Waals surface area (Å²) in [5, 5.41) is 4.34. The Bertz CT molecular complexity index is 877. The highest BCUT2D eigenvalue weighted by molar-refractivity contribution is 7.89. The zero-order chi connectivity index (χ0) is 18.7. The van der Waals surface area contributed by atoms with E-state index >= 15 is 0 Å². The lowest BCUT2D eigenvalue weighted by molar-refractivity contribution is -0.149. The monoisotopic (exact) mass is 377 g/mol. The molecule has 1 fully saturated rings. The minimum absolute atomic E-state index is 0.150. The quantitative estimate of drug-likeness (QED) is 0.746. The second kappa shape index (κ2) is 7.59. The maximum atomic E-state index is 13.1. The first kappa shape index (κ1) is 18.6. The third-order valence-corrected chi connectivity index (χ3v) is 6.46. The van der Waals surface area contributed by atoms with Crippen LogP contribution in [0.15, 0.2) is 41.4 Å². The fourth-order valence-corrected chi connectivity index (χ4v) is 4.83. The summed E-state index contributed by atoms with van der Waals surface area (Å²) in [6.07, 6.45) is 2.82. The second-order valence-corrected chi connectivity index (χ2v) is 8.22. The van der Waals surface area contributed by atoms with Crippen molar-refractivity contribution in [3.8, 4) is 5.69 Å². The normalized spacial score (nSPS) is 18.6. The zero-order valence-corrected chi connectivity index (χ0v) is 15.8. The van der Waals surface area contributed by atoms with Gasteiger partial charge in [0.2, 0.25) is 10.0 Å². The van der Waals surface area contributed by atoms with Gasteiger partial charge in [-0.15, -0.1) is 0 Å². The van der Waals surface area contributed by atoms with Crippen LogP contribution in [0.4, 0.5) is 0 Å². The van der Waals surface area contributed by atoms with Gasteiger partial charge < -0.3 is 4.74 Å². The SMILES string of the molecule is CCOC(=O)C1CCCN(S(=O)(=O)c2cn(-c3ccccc3)nc2C)C1. The van der Waals surface area contributed by atoms with Crippen molar-refractivity contribution in [3.05, 3.63) is 42.2 Å². The summed E-state index contributed by atoms with van der Waals surface area (Å²) >= 11 is 0. The lowest BCUT2D eigenvalue weighted by Crippen LogP contribution is -2.42. The first-order valence-electron chi connectivity index (χ1n) is 8.72. The summed E-state index contributed by atoms with van der Waals surface area (Å²) in [6, 6.07) is 9.35. The predicted octanol–water partition coefficient (Wildman–Crippen LogP) is 2.14. The Morgan fingerprint density at radius 1 is 1.31 bits per heavy atom. The van der Waals surface area contributed by atoms with E-state index in [9.17, 15) is 13.2 Å². The minimum Gasteiger partial charge on any atom is -0.466 e. The van der Waals surface area contributed by atoms with E-state index in [-0.39, 0.29) is 17.4 Å². The Morgan fingerprint density at radius 2 is 2.04 bits per heavy atom. The summed E-state index contributed by atoms with van der Waals surface area (Å²) in [7, 11) is -3.72. The van der Waals surface area contributed by atoms with Crippen LogP contribution >= 0.6 is 0 Å². The smallest absolute Gasteiger partial charge is 0.310 e. The lowest BCUT2D eigenvalue weighted by atomic mass is 10.0. The van der Waals surface area contributed by atoms with E-state index in [1.54, 1.807) is 18.5 Å². The Balaban J connectivity index is 1.86. The molecule has 1 aliphatic rings. The molecule has 3 rings (SSSR count). The van der Waals surface area contributed by atoms with E-state index in [4.69, 9.17) is 4.74 Å². The number of piperidine rings is 1. The van der Waals surface area contributed by atoms with Gasteiger partial charge in [-0.05, 0) is 38.8 Å². The van der Waals surface area contributed by atoms with Gasteiger partial charge >= 0.3 is 5.97 Å². The zero-order valence-electron chi connectivity index (χ0n) is 15.0. The van der Waals surface area contributed by atoms with Crippen LogP contribution < -0.4 is 0 Å². The number of carbonyl (C=O) groups excluding carboxylic acids is 1. The number of para-hydroxylation sites is 1. The summed E-state index contributed by atoms with van der Waals surface area (Å²) in [5.41, 5.74) is 1.23. The van der Waals surface area contributed by atoms with E-state index in [0.29, 0.717) is 31.7 Å². The van der Waals surface area contributed by atoms with Crippen molar-refractivity contribution in [2.75, 3.05) is 19.7 Å². The van der Waals surface area contributed by atoms with Crippen LogP contribution in [-0.4, -0.2) is 48.2 Å². The Hall–Kier alpha value is -2.19. The molecule has 0 N–H and O–H groups in total. The molecule has 0 spiro atoms. The fourth-order valence-electron chi connectivity index (χ4n) is 3.16. The van der Waals surface area contributed by atoms with E-state index in [2.05, 4.69) is 5.10 Å². The predicted molar refractivity (Wildman–Crippen MR) is 96.4 cm³/mol. The second-order valence-electron chi connectivity index (χ2n) is 6.31. The fraction of sp³-hybridized carbons (Fsp3) is 0.444. The van der Waals surface area contributed by atoms with Crippen LogP contribution in [0.2, 0.25) is 0 Å². The molecule has 2 heterocycles.